The predicted octanol–water partition coefficient (Wildman–Crippen LogP) is 4.58. The summed E-state index contributed by atoms with van der Waals surface area (Å²) in [7, 11) is 0. The van der Waals surface area contributed by atoms with Crippen LogP contribution in [0, 0.1) is 0 Å². The molecular weight excluding hydrogens is 448 g/mol. The quantitative estimate of drug-likeness (QED) is 0.459. The maximum absolute atomic E-state index is 12.8. The normalized spacial score (nSPS) is 15.0. The molecule has 1 aliphatic rings. The smallest absolute Gasteiger partial charge is 0.387 e. The van der Waals surface area contributed by atoms with E-state index in [4.69, 9.17) is 0 Å². The van der Waals surface area contributed by atoms with Crippen molar-refractivity contribution < 1.29 is 18.3 Å². The number of para-hydroxylation sites is 1. The Kier molecular flexibility index (Phi) is 7.56. The van der Waals surface area contributed by atoms with Gasteiger partial charge in [0.1, 0.15) is 5.75 Å². The fourth-order valence-corrected chi connectivity index (χ4v) is 4.52. The second-order valence-electron chi connectivity index (χ2n) is 7.71. The van der Waals surface area contributed by atoms with Crippen LogP contribution in [0.4, 0.5) is 14.5 Å². The molecule has 33 heavy (non-hydrogen) atoms. The maximum Gasteiger partial charge on any atom is 0.387 e. The monoisotopic (exact) mass is 473 g/mol. The molecule has 1 fully saturated rings. The highest BCUT2D eigenvalue weighted by Crippen LogP contribution is 2.28. The van der Waals surface area contributed by atoms with Gasteiger partial charge in [0.15, 0.2) is 11.0 Å². The first-order valence-corrected chi connectivity index (χ1v) is 11.6. The first-order chi connectivity index (χ1) is 16.0. The average Bonchev–Trinajstić information content (AvgIpc) is 3.45. The van der Waals surface area contributed by atoms with Crippen LogP contribution in [0.15, 0.2) is 59.8 Å². The fraction of sp³-hybridized carbons (Fsp3) is 0.348. The molecular formula is C23H25F2N5O2S. The largest absolute Gasteiger partial charge is 0.435 e. The molecule has 1 amide bonds. The van der Waals surface area contributed by atoms with Crippen molar-refractivity contribution in [1.82, 2.24) is 19.7 Å². The van der Waals surface area contributed by atoms with Crippen molar-refractivity contribution in [2.45, 2.75) is 43.3 Å². The Morgan fingerprint density at radius 3 is 2.45 bits per heavy atom. The standard InChI is InChI=1S/C23H25F2N5O2S/c1-16(21(31)26-17-9-11-19(12-10-17)32-22(24)25)33-23-28-27-20(15-29-13-5-6-14-29)30(23)18-7-3-2-4-8-18/h2-4,7-12,16,22H,5-6,13-15H2,1H3,(H,26,31). The lowest BCUT2D eigenvalue weighted by Gasteiger charge is -2.17. The number of halogens is 2. The van der Waals surface area contributed by atoms with Crippen molar-refractivity contribution in [3.8, 4) is 11.4 Å². The van der Waals surface area contributed by atoms with Gasteiger partial charge in [-0.15, -0.1) is 10.2 Å². The van der Waals surface area contributed by atoms with E-state index in [1.165, 1.54) is 48.9 Å². The van der Waals surface area contributed by atoms with E-state index in [2.05, 4.69) is 25.2 Å². The zero-order valence-corrected chi connectivity index (χ0v) is 19.0. The van der Waals surface area contributed by atoms with Crippen LogP contribution < -0.4 is 10.1 Å². The Labute approximate surface area is 195 Å². The molecule has 7 nitrogen and oxygen atoms in total. The molecule has 2 aromatic carbocycles. The van der Waals surface area contributed by atoms with Gasteiger partial charge in [-0.1, -0.05) is 30.0 Å². The zero-order valence-electron chi connectivity index (χ0n) is 18.2. The molecule has 4 rings (SSSR count). The SMILES string of the molecule is CC(Sc1nnc(CN2CCCC2)n1-c1ccccc1)C(=O)Nc1ccc(OC(F)F)cc1. The third-order valence-corrected chi connectivity index (χ3v) is 6.32. The van der Waals surface area contributed by atoms with E-state index in [1.807, 2.05) is 34.9 Å². The number of benzene rings is 2. The topological polar surface area (TPSA) is 72.3 Å². The van der Waals surface area contributed by atoms with Crippen molar-refractivity contribution in [3.05, 3.63) is 60.4 Å². The van der Waals surface area contributed by atoms with Gasteiger partial charge in [-0.2, -0.15) is 8.78 Å². The number of thioether (sulfide) groups is 1. The van der Waals surface area contributed by atoms with E-state index in [0.29, 0.717) is 17.4 Å². The number of hydrogen-bond donors (Lipinski definition) is 1. The number of carbonyl (C=O) groups excluding carboxylic acids is 1. The van der Waals surface area contributed by atoms with Crippen LogP contribution >= 0.6 is 11.8 Å². The van der Waals surface area contributed by atoms with E-state index in [9.17, 15) is 13.6 Å². The van der Waals surface area contributed by atoms with Crippen LogP contribution in [-0.4, -0.2) is 50.5 Å². The number of nitrogens with zero attached hydrogens (tertiary/aromatic N) is 4. The van der Waals surface area contributed by atoms with Crippen LogP contribution in [0.5, 0.6) is 5.75 Å². The van der Waals surface area contributed by atoms with Crippen LogP contribution in [0.25, 0.3) is 5.69 Å². The van der Waals surface area contributed by atoms with Gasteiger partial charge in [-0.3, -0.25) is 14.3 Å². The molecule has 1 aromatic heterocycles. The van der Waals surface area contributed by atoms with E-state index in [1.54, 1.807) is 6.92 Å². The summed E-state index contributed by atoms with van der Waals surface area (Å²) in [4.78, 5) is 15.1. The summed E-state index contributed by atoms with van der Waals surface area (Å²) < 4.78 is 30.9. The molecule has 174 valence electrons. The van der Waals surface area contributed by atoms with Crippen molar-refractivity contribution in [1.29, 1.82) is 0 Å². The molecule has 0 spiro atoms. The van der Waals surface area contributed by atoms with Crippen LogP contribution in [0.3, 0.4) is 0 Å². The van der Waals surface area contributed by atoms with Gasteiger partial charge in [-0.05, 0) is 69.3 Å². The molecule has 1 N–H and O–H groups in total. The lowest BCUT2D eigenvalue weighted by molar-refractivity contribution is -0.115. The number of ether oxygens (including phenoxy) is 1. The maximum atomic E-state index is 12.8. The lowest BCUT2D eigenvalue weighted by Crippen LogP contribution is -2.23. The van der Waals surface area contributed by atoms with E-state index < -0.39 is 11.9 Å². The third kappa shape index (κ3) is 6.08. The van der Waals surface area contributed by atoms with Gasteiger partial charge < -0.3 is 10.1 Å². The Bertz CT molecular complexity index is 1060. The minimum atomic E-state index is -2.89. The molecule has 0 bridgehead atoms. The molecule has 1 aliphatic heterocycles. The number of hydrogen-bond acceptors (Lipinski definition) is 6. The summed E-state index contributed by atoms with van der Waals surface area (Å²) in [6, 6.07) is 15.7. The summed E-state index contributed by atoms with van der Waals surface area (Å²) in [5.41, 5.74) is 1.44. The Morgan fingerprint density at radius 2 is 1.79 bits per heavy atom. The summed E-state index contributed by atoms with van der Waals surface area (Å²) in [5, 5.41) is 11.8. The molecule has 2 heterocycles. The van der Waals surface area contributed by atoms with Crippen LogP contribution in [0.2, 0.25) is 0 Å². The fourth-order valence-electron chi connectivity index (χ4n) is 3.63. The van der Waals surface area contributed by atoms with Gasteiger partial charge in [0, 0.05) is 11.4 Å². The third-order valence-electron chi connectivity index (χ3n) is 5.28. The minimum absolute atomic E-state index is 0.0342. The molecule has 1 saturated heterocycles. The summed E-state index contributed by atoms with van der Waals surface area (Å²) >= 11 is 1.32. The number of rotatable bonds is 9. The van der Waals surface area contributed by atoms with Crippen molar-refractivity contribution in [2.75, 3.05) is 18.4 Å². The molecule has 10 heteroatoms. The molecule has 0 saturated carbocycles. The van der Waals surface area contributed by atoms with Gasteiger partial charge in [0.25, 0.3) is 0 Å². The second-order valence-corrected chi connectivity index (χ2v) is 9.01. The van der Waals surface area contributed by atoms with E-state index in [0.717, 1.165) is 24.6 Å². The highest BCUT2D eigenvalue weighted by Gasteiger charge is 2.23. The molecule has 3 aromatic rings. The minimum Gasteiger partial charge on any atom is -0.435 e. The average molecular weight is 474 g/mol. The van der Waals surface area contributed by atoms with Gasteiger partial charge >= 0.3 is 6.61 Å². The number of anilines is 1. The van der Waals surface area contributed by atoms with Crippen molar-refractivity contribution >= 4 is 23.4 Å². The first kappa shape index (κ1) is 23.2. The predicted molar refractivity (Wildman–Crippen MR) is 123 cm³/mol. The molecule has 1 atom stereocenters. The van der Waals surface area contributed by atoms with Crippen LogP contribution in [-0.2, 0) is 11.3 Å². The van der Waals surface area contributed by atoms with E-state index in [-0.39, 0.29) is 11.7 Å². The highest BCUT2D eigenvalue weighted by atomic mass is 32.2. The van der Waals surface area contributed by atoms with Crippen molar-refractivity contribution in [2.24, 2.45) is 0 Å². The molecule has 0 aliphatic carbocycles. The summed E-state index contributed by atoms with van der Waals surface area (Å²) in [6.07, 6.45) is 2.38. The first-order valence-electron chi connectivity index (χ1n) is 10.7. The van der Waals surface area contributed by atoms with Crippen LogP contribution in [0.1, 0.15) is 25.6 Å². The Balaban J connectivity index is 1.47. The molecule has 1 unspecified atom stereocenters. The van der Waals surface area contributed by atoms with Gasteiger partial charge in [0.05, 0.1) is 11.8 Å². The van der Waals surface area contributed by atoms with Gasteiger partial charge in [0.2, 0.25) is 5.91 Å². The Hall–Kier alpha value is -2.98. The lowest BCUT2D eigenvalue weighted by atomic mass is 10.3. The van der Waals surface area contributed by atoms with Crippen molar-refractivity contribution in [3.63, 3.8) is 0 Å². The summed E-state index contributed by atoms with van der Waals surface area (Å²) in [6.45, 7) is 1.70. The molecule has 0 radical (unpaired) electrons. The number of alkyl halides is 2. The van der Waals surface area contributed by atoms with E-state index >= 15 is 0 Å². The number of nitrogens with one attached hydrogen (secondary N) is 1. The summed E-state index contributed by atoms with van der Waals surface area (Å²) in [5.74, 6) is 0.644. The number of amides is 1. The number of likely N-dealkylation sites (tertiary alicyclic amines) is 1. The Morgan fingerprint density at radius 1 is 1.09 bits per heavy atom. The van der Waals surface area contributed by atoms with Gasteiger partial charge in [-0.25, -0.2) is 0 Å². The zero-order chi connectivity index (χ0) is 23.2. The second kappa shape index (κ2) is 10.8. The number of carbonyl (C=O) groups is 1. The number of aromatic nitrogens is 3. The highest BCUT2D eigenvalue weighted by molar-refractivity contribution is 8.00.